The van der Waals surface area contributed by atoms with Gasteiger partial charge in [-0.05, 0) is 29.7 Å². The van der Waals surface area contributed by atoms with Crippen LogP contribution in [0.5, 0.6) is 5.75 Å². The zero-order valence-corrected chi connectivity index (χ0v) is 10.6. The SMILES string of the molecule is O=C1C[S+]([O-])c2cc(OCCCCl)ccc2N1. The molecule has 1 aromatic carbocycles. The molecule has 1 unspecified atom stereocenters. The zero-order chi connectivity index (χ0) is 12.3. The summed E-state index contributed by atoms with van der Waals surface area (Å²) in [5.41, 5.74) is 0.601. The van der Waals surface area contributed by atoms with Gasteiger partial charge in [-0.15, -0.1) is 11.6 Å². The van der Waals surface area contributed by atoms with Crippen LogP contribution in [0.1, 0.15) is 6.42 Å². The van der Waals surface area contributed by atoms with Crippen LogP contribution >= 0.6 is 11.6 Å². The Balaban J connectivity index is 2.13. The van der Waals surface area contributed by atoms with Crippen LogP contribution in [-0.2, 0) is 16.0 Å². The number of nitrogens with one attached hydrogen (secondary N) is 1. The largest absolute Gasteiger partial charge is 0.611 e. The molecular formula is C11H12ClNO3S. The van der Waals surface area contributed by atoms with Crippen molar-refractivity contribution < 1.29 is 14.1 Å². The van der Waals surface area contributed by atoms with Crippen molar-refractivity contribution in [2.75, 3.05) is 23.6 Å². The molecule has 1 heterocycles. The molecule has 2 rings (SSSR count). The Morgan fingerprint density at radius 3 is 3.12 bits per heavy atom. The van der Waals surface area contributed by atoms with Gasteiger partial charge in [0.2, 0.25) is 0 Å². The summed E-state index contributed by atoms with van der Waals surface area (Å²) in [6.07, 6.45) is 0.762. The Bertz CT molecular complexity index is 427. The minimum Gasteiger partial charge on any atom is -0.611 e. The van der Waals surface area contributed by atoms with Gasteiger partial charge in [-0.1, -0.05) is 0 Å². The zero-order valence-electron chi connectivity index (χ0n) is 9.07. The summed E-state index contributed by atoms with van der Waals surface area (Å²) in [7, 11) is 0. The maximum absolute atomic E-state index is 11.8. The molecule has 0 aromatic heterocycles. The van der Waals surface area contributed by atoms with E-state index in [-0.39, 0.29) is 11.7 Å². The molecule has 1 aliphatic rings. The fourth-order valence-electron chi connectivity index (χ4n) is 1.51. The number of anilines is 1. The third-order valence-corrected chi connectivity index (χ3v) is 3.90. The molecule has 0 radical (unpaired) electrons. The number of alkyl halides is 1. The monoisotopic (exact) mass is 273 g/mol. The number of hydrogen-bond acceptors (Lipinski definition) is 3. The maximum atomic E-state index is 11.8. The molecule has 0 saturated heterocycles. The van der Waals surface area contributed by atoms with Gasteiger partial charge in [0, 0.05) is 11.9 Å². The molecule has 0 saturated carbocycles. The highest BCUT2D eigenvalue weighted by molar-refractivity contribution is 7.92. The molecule has 0 aliphatic carbocycles. The summed E-state index contributed by atoms with van der Waals surface area (Å²) in [5, 5.41) is 2.68. The predicted octanol–water partition coefficient (Wildman–Crippen LogP) is 1.75. The Labute approximate surface area is 107 Å². The number of carbonyl (C=O) groups excluding carboxylic acids is 1. The lowest BCUT2D eigenvalue weighted by Gasteiger charge is -2.20. The molecule has 1 atom stereocenters. The molecule has 1 aromatic rings. The quantitative estimate of drug-likeness (QED) is 0.516. The van der Waals surface area contributed by atoms with Gasteiger partial charge in [-0.2, -0.15) is 0 Å². The van der Waals surface area contributed by atoms with E-state index in [4.69, 9.17) is 16.3 Å². The molecule has 1 amide bonds. The van der Waals surface area contributed by atoms with E-state index in [0.717, 1.165) is 6.42 Å². The van der Waals surface area contributed by atoms with Crippen molar-refractivity contribution in [3.8, 4) is 5.75 Å². The van der Waals surface area contributed by atoms with E-state index in [1.165, 1.54) is 0 Å². The molecule has 4 nitrogen and oxygen atoms in total. The van der Waals surface area contributed by atoms with Crippen molar-refractivity contribution in [2.24, 2.45) is 0 Å². The summed E-state index contributed by atoms with van der Waals surface area (Å²) in [6.45, 7) is 0.529. The Kier molecular flexibility index (Phi) is 4.15. The minimum atomic E-state index is -1.28. The number of carbonyl (C=O) groups is 1. The van der Waals surface area contributed by atoms with E-state index in [9.17, 15) is 9.35 Å². The topological polar surface area (TPSA) is 61.4 Å². The first-order valence-corrected chi connectivity index (χ1v) is 7.07. The molecule has 0 bridgehead atoms. The second kappa shape index (κ2) is 5.62. The van der Waals surface area contributed by atoms with Gasteiger partial charge < -0.3 is 14.6 Å². The van der Waals surface area contributed by atoms with E-state index in [0.29, 0.717) is 28.8 Å². The highest BCUT2D eigenvalue weighted by Gasteiger charge is 2.27. The van der Waals surface area contributed by atoms with Crippen molar-refractivity contribution in [1.82, 2.24) is 0 Å². The van der Waals surface area contributed by atoms with E-state index in [1.54, 1.807) is 18.2 Å². The Hall–Kier alpha value is -0.910. The Morgan fingerprint density at radius 1 is 1.53 bits per heavy atom. The fraction of sp³-hybridized carbons (Fsp3) is 0.364. The molecule has 6 heteroatoms. The average molecular weight is 274 g/mol. The minimum absolute atomic E-state index is 0.0120. The van der Waals surface area contributed by atoms with Crippen molar-refractivity contribution in [3.05, 3.63) is 18.2 Å². The lowest BCUT2D eigenvalue weighted by atomic mass is 10.3. The number of halogens is 1. The summed E-state index contributed by atoms with van der Waals surface area (Å²) >= 11 is 4.27. The first kappa shape index (κ1) is 12.5. The molecule has 0 spiro atoms. The molecule has 0 fully saturated rings. The Morgan fingerprint density at radius 2 is 2.35 bits per heavy atom. The number of ether oxygens (including phenoxy) is 1. The van der Waals surface area contributed by atoms with E-state index < -0.39 is 11.2 Å². The smallest absolute Gasteiger partial charge is 0.274 e. The van der Waals surface area contributed by atoms with Crippen LogP contribution in [0.3, 0.4) is 0 Å². The molecule has 1 aliphatic heterocycles. The van der Waals surface area contributed by atoms with Gasteiger partial charge in [-0.25, -0.2) is 0 Å². The number of benzene rings is 1. The average Bonchev–Trinajstić information content (AvgIpc) is 2.30. The first-order valence-electron chi connectivity index (χ1n) is 5.22. The summed E-state index contributed by atoms with van der Waals surface area (Å²) in [4.78, 5) is 11.8. The number of hydrogen-bond donors (Lipinski definition) is 1. The van der Waals surface area contributed by atoms with Crippen LogP contribution < -0.4 is 10.1 Å². The number of amides is 1. The molecule has 1 N–H and O–H groups in total. The van der Waals surface area contributed by atoms with Crippen molar-refractivity contribution >= 4 is 34.4 Å². The van der Waals surface area contributed by atoms with Gasteiger partial charge in [-0.3, -0.25) is 4.79 Å². The summed E-state index contributed by atoms with van der Waals surface area (Å²) in [6, 6.07) is 5.16. The summed E-state index contributed by atoms with van der Waals surface area (Å²) in [5.74, 6) is 0.996. The third kappa shape index (κ3) is 3.06. The van der Waals surface area contributed by atoms with Crippen LogP contribution in [-0.4, -0.2) is 28.7 Å². The van der Waals surface area contributed by atoms with Gasteiger partial charge in [0.15, 0.2) is 10.6 Å². The van der Waals surface area contributed by atoms with E-state index in [1.807, 2.05) is 0 Å². The highest BCUT2D eigenvalue weighted by Crippen LogP contribution is 2.30. The second-order valence-electron chi connectivity index (χ2n) is 3.59. The van der Waals surface area contributed by atoms with Gasteiger partial charge in [0.1, 0.15) is 5.75 Å². The van der Waals surface area contributed by atoms with Crippen LogP contribution in [0.4, 0.5) is 5.69 Å². The molecular weight excluding hydrogens is 262 g/mol. The van der Waals surface area contributed by atoms with Crippen LogP contribution in [0.25, 0.3) is 0 Å². The van der Waals surface area contributed by atoms with Gasteiger partial charge in [0.05, 0.1) is 12.3 Å². The predicted molar refractivity (Wildman–Crippen MR) is 67.2 cm³/mol. The first-order chi connectivity index (χ1) is 8.20. The van der Waals surface area contributed by atoms with Gasteiger partial charge in [0.25, 0.3) is 5.91 Å². The highest BCUT2D eigenvalue weighted by atomic mass is 35.5. The summed E-state index contributed by atoms with van der Waals surface area (Å²) < 4.78 is 17.2. The number of fused-ring (bicyclic) bond motifs is 1. The van der Waals surface area contributed by atoms with Crippen LogP contribution in [0.15, 0.2) is 23.1 Å². The van der Waals surface area contributed by atoms with Crippen LogP contribution in [0.2, 0.25) is 0 Å². The standard InChI is InChI=1S/C11H12ClNO3S/c12-4-1-5-16-8-2-3-9-10(6-8)17(15)7-11(14)13-9/h2-3,6H,1,4-5,7H2,(H,13,14). The lowest BCUT2D eigenvalue weighted by molar-refractivity contribution is -0.114. The lowest BCUT2D eigenvalue weighted by Crippen LogP contribution is -2.29. The molecule has 92 valence electrons. The van der Waals surface area contributed by atoms with E-state index in [2.05, 4.69) is 5.32 Å². The fourth-order valence-corrected chi connectivity index (χ4v) is 2.70. The normalized spacial score (nSPS) is 18.5. The number of rotatable bonds is 4. The maximum Gasteiger partial charge on any atom is 0.274 e. The van der Waals surface area contributed by atoms with E-state index >= 15 is 0 Å². The van der Waals surface area contributed by atoms with Crippen molar-refractivity contribution in [1.29, 1.82) is 0 Å². The van der Waals surface area contributed by atoms with Crippen LogP contribution in [0, 0.1) is 0 Å². The molecule has 17 heavy (non-hydrogen) atoms. The third-order valence-electron chi connectivity index (χ3n) is 2.28. The van der Waals surface area contributed by atoms with Crippen molar-refractivity contribution in [2.45, 2.75) is 11.3 Å². The second-order valence-corrected chi connectivity index (χ2v) is 5.38. The van der Waals surface area contributed by atoms with Crippen molar-refractivity contribution in [3.63, 3.8) is 0 Å². The van der Waals surface area contributed by atoms with Gasteiger partial charge >= 0.3 is 0 Å².